The van der Waals surface area contributed by atoms with Gasteiger partial charge >= 0.3 is 0 Å². The Hall–Kier alpha value is -3.21. The molecule has 2 N–H and O–H groups in total. The highest BCUT2D eigenvalue weighted by Gasteiger charge is 2.12. The second kappa shape index (κ2) is 7.35. The molecule has 1 heterocycles. The third-order valence-corrected chi connectivity index (χ3v) is 4.05. The Morgan fingerprint density at radius 2 is 1.77 bits per heavy atom. The quantitative estimate of drug-likeness (QED) is 0.550. The van der Waals surface area contributed by atoms with E-state index >= 15 is 0 Å². The molecular formula is C21H22N4O. The minimum atomic E-state index is -0.331. The van der Waals surface area contributed by atoms with Gasteiger partial charge in [0.15, 0.2) is 0 Å². The highest BCUT2D eigenvalue weighted by molar-refractivity contribution is 5.94. The highest BCUT2D eigenvalue weighted by atomic mass is 16.2. The minimum Gasteiger partial charge on any atom is -0.272 e. The molecular weight excluding hydrogens is 324 g/mol. The lowest BCUT2D eigenvalue weighted by molar-refractivity contribution is 0.0950. The van der Waals surface area contributed by atoms with E-state index in [4.69, 9.17) is 0 Å². The Kier molecular flexibility index (Phi) is 4.98. The molecule has 0 unspecified atom stereocenters. The van der Waals surface area contributed by atoms with Gasteiger partial charge in [-0.05, 0) is 22.6 Å². The number of carbonyl (C=O) groups excluding carboxylic acids is 1. The molecule has 3 rings (SSSR count). The van der Waals surface area contributed by atoms with Crippen molar-refractivity contribution >= 4 is 12.1 Å². The van der Waals surface area contributed by atoms with Gasteiger partial charge in [-0.3, -0.25) is 9.89 Å². The van der Waals surface area contributed by atoms with E-state index in [1.807, 2.05) is 42.5 Å². The average molecular weight is 346 g/mol. The van der Waals surface area contributed by atoms with Crippen LogP contribution >= 0.6 is 0 Å². The molecule has 0 fully saturated rings. The SMILES string of the molecule is CC(C)(C)c1ccc(/C=N/NC(=O)c2cc(-c3ccccc3)n[nH]2)cc1. The molecule has 1 aromatic heterocycles. The molecule has 0 aliphatic carbocycles. The second-order valence-electron chi connectivity index (χ2n) is 7.10. The first-order chi connectivity index (χ1) is 12.4. The summed E-state index contributed by atoms with van der Waals surface area (Å²) in [7, 11) is 0. The summed E-state index contributed by atoms with van der Waals surface area (Å²) in [5, 5.41) is 10.9. The van der Waals surface area contributed by atoms with Gasteiger partial charge in [0.25, 0.3) is 5.91 Å². The Labute approximate surface area is 153 Å². The Balaban J connectivity index is 1.62. The van der Waals surface area contributed by atoms with Crippen molar-refractivity contribution in [2.75, 3.05) is 0 Å². The third kappa shape index (κ3) is 4.25. The van der Waals surface area contributed by atoms with E-state index in [-0.39, 0.29) is 11.3 Å². The maximum atomic E-state index is 12.2. The van der Waals surface area contributed by atoms with Crippen molar-refractivity contribution < 1.29 is 4.79 Å². The molecule has 2 aromatic carbocycles. The zero-order valence-electron chi connectivity index (χ0n) is 15.2. The Bertz CT molecular complexity index is 903. The fourth-order valence-corrected chi connectivity index (χ4v) is 2.49. The Morgan fingerprint density at radius 3 is 2.42 bits per heavy atom. The molecule has 5 nitrogen and oxygen atoms in total. The largest absolute Gasteiger partial charge is 0.289 e. The topological polar surface area (TPSA) is 70.1 Å². The smallest absolute Gasteiger partial charge is 0.272 e. The standard InChI is InChI=1S/C21H22N4O/c1-21(2,3)17-11-9-15(10-12-17)14-22-25-20(26)19-13-18(23-24-19)16-7-5-4-6-8-16/h4-14H,1-3H3,(H,23,24)(H,25,26)/b22-14+. The number of hydrogen-bond acceptors (Lipinski definition) is 3. The molecule has 5 heteroatoms. The molecule has 0 bridgehead atoms. The second-order valence-corrected chi connectivity index (χ2v) is 7.10. The summed E-state index contributed by atoms with van der Waals surface area (Å²) < 4.78 is 0. The van der Waals surface area contributed by atoms with Gasteiger partial charge < -0.3 is 0 Å². The molecule has 1 amide bonds. The van der Waals surface area contributed by atoms with E-state index in [9.17, 15) is 4.79 Å². The van der Waals surface area contributed by atoms with Crippen molar-refractivity contribution in [3.8, 4) is 11.3 Å². The van der Waals surface area contributed by atoms with Crippen LogP contribution in [-0.4, -0.2) is 22.3 Å². The maximum absolute atomic E-state index is 12.2. The summed E-state index contributed by atoms with van der Waals surface area (Å²) in [6.07, 6.45) is 1.62. The number of aromatic amines is 1. The van der Waals surface area contributed by atoms with Crippen molar-refractivity contribution in [3.05, 3.63) is 77.5 Å². The molecule has 0 saturated carbocycles. The number of benzene rings is 2. The molecule has 0 saturated heterocycles. The van der Waals surface area contributed by atoms with Gasteiger partial charge in [0.1, 0.15) is 5.69 Å². The van der Waals surface area contributed by atoms with Crippen LogP contribution in [0, 0.1) is 0 Å². The van der Waals surface area contributed by atoms with E-state index in [0.717, 1.165) is 16.8 Å². The highest BCUT2D eigenvalue weighted by Crippen LogP contribution is 2.21. The number of hydrogen-bond donors (Lipinski definition) is 2. The van der Waals surface area contributed by atoms with Crippen molar-refractivity contribution in [2.45, 2.75) is 26.2 Å². The number of rotatable bonds is 4. The predicted octanol–water partition coefficient (Wildman–Crippen LogP) is 4.14. The zero-order valence-corrected chi connectivity index (χ0v) is 15.2. The van der Waals surface area contributed by atoms with Crippen LogP contribution in [0.3, 0.4) is 0 Å². The van der Waals surface area contributed by atoms with Crippen molar-refractivity contribution in [3.63, 3.8) is 0 Å². The van der Waals surface area contributed by atoms with Crippen LogP contribution in [0.4, 0.5) is 0 Å². The number of nitrogens with zero attached hydrogens (tertiary/aromatic N) is 2. The molecule has 0 aliphatic heterocycles. The van der Waals surface area contributed by atoms with Crippen molar-refractivity contribution in [1.29, 1.82) is 0 Å². The average Bonchev–Trinajstić information content (AvgIpc) is 3.12. The van der Waals surface area contributed by atoms with Crippen LogP contribution in [-0.2, 0) is 5.41 Å². The van der Waals surface area contributed by atoms with Gasteiger partial charge in [-0.1, -0.05) is 75.4 Å². The first-order valence-corrected chi connectivity index (χ1v) is 8.48. The molecule has 0 atom stereocenters. The predicted molar refractivity (Wildman–Crippen MR) is 104 cm³/mol. The lowest BCUT2D eigenvalue weighted by atomic mass is 9.87. The molecule has 132 valence electrons. The fraction of sp³-hybridized carbons (Fsp3) is 0.190. The molecule has 3 aromatic rings. The normalized spacial score (nSPS) is 11.7. The summed E-state index contributed by atoms with van der Waals surface area (Å²) in [5.41, 5.74) is 6.84. The summed E-state index contributed by atoms with van der Waals surface area (Å²) >= 11 is 0. The molecule has 26 heavy (non-hydrogen) atoms. The third-order valence-electron chi connectivity index (χ3n) is 4.05. The van der Waals surface area contributed by atoms with Gasteiger partial charge in [0.05, 0.1) is 11.9 Å². The Morgan fingerprint density at radius 1 is 1.08 bits per heavy atom. The number of hydrazone groups is 1. The minimum absolute atomic E-state index is 0.112. The van der Waals surface area contributed by atoms with E-state index in [2.05, 4.69) is 53.6 Å². The first-order valence-electron chi connectivity index (χ1n) is 8.48. The van der Waals surface area contributed by atoms with Gasteiger partial charge in [-0.15, -0.1) is 0 Å². The first kappa shape index (κ1) is 17.6. The number of H-pyrrole nitrogens is 1. The van der Waals surface area contributed by atoms with Gasteiger partial charge in [0.2, 0.25) is 0 Å². The van der Waals surface area contributed by atoms with Crippen LogP contribution < -0.4 is 5.43 Å². The fourth-order valence-electron chi connectivity index (χ4n) is 2.49. The van der Waals surface area contributed by atoms with Crippen LogP contribution in [0.15, 0.2) is 65.8 Å². The number of aromatic nitrogens is 2. The van der Waals surface area contributed by atoms with E-state index in [1.165, 1.54) is 5.56 Å². The van der Waals surface area contributed by atoms with Gasteiger partial charge in [-0.25, -0.2) is 5.43 Å². The number of carbonyl (C=O) groups is 1. The lowest BCUT2D eigenvalue weighted by Gasteiger charge is -2.18. The van der Waals surface area contributed by atoms with Crippen LogP contribution in [0.25, 0.3) is 11.3 Å². The van der Waals surface area contributed by atoms with E-state index in [0.29, 0.717) is 5.69 Å². The lowest BCUT2D eigenvalue weighted by Crippen LogP contribution is -2.18. The van der Waals surface area contributed by atoms with Gasteiger partial charge in [-0.2, -0.15) is 10.2 Å². The van der Waals surface area contributed by atoms with Crippen LogP contribution in [0.1, 0.15) is 42.4 Å². The van der Waals surface area contributed by atoms with E-state index in [1.54, 1.807) is 12.3 Å². The monoisotopic (exact) mass is 346 g/mol. The number of amides is 1. The molecule has 0 spiro atoms. The summed E-state index contributed by atoms with van der Waals surface area (Å²) in [4.78, 5) is 12.2. The summed E-state index contributed by atoms with van der Waals surface area (Å²) in [5.74, 6) is -0.331. The van der Waals surface area contributed by atoms with E-state index < -0.39 is 0 Å². The molecule has 0 radical (unpaired) electrons. The molecule has 0 aliphatic rings. The zero-order chi connectivity index (χ0) is 18.6. The maximum Gasteiger partial charge on any atom is 0.289 e. The van der Waals surface area contributed by atoms with Crippen LogP contribution in [0.2, 0.25) is 0 Å². The summed E-state index contributed by atoms with van der Waals surface area (Å²) in [6.45, 7) is 6.51. The summed E-state index contributed by atoms with van der Waals surface area (Å²) in [6, 6.07) is 19.5. The van der Waals surface area contributed by atoms with Crippen molar-refractivity contribution in [1.82, 2.24) is 15.6 Å². The van der Waals surface area contributed by atoms with Crippen LogP contribution in [0.5, 0.6) is 0 Å². The van der Waals surface area contributed by atoms with Gasteiger partial charge in [0, 0.05) is 5.56 Å². The number of nitrogens with one attached hydrogen (secondary N) is 2. The van der Waals surface area contributed by atoms with Crippen molar-refractivity contribution in [2.24, 2.45) is 5.10 Å².